The van der Waals surface area contributed by atoms with Crippen LogP contribution in [0.15, 0.2) is 24.4 Å². The molecule has 0 saturated heterocycles. The summed E-state index contributed by atoms with van der Waals surface area (Å²) in [6.07, 6.45) is 2.85. The summed E-state index contributed by atoms with van der Waals surface area (Å²) in [5.74, 6) is 0.313. The van der Waals surface area contributed by atoms with E-state index in [4.69, 9.17) is 11.6 Å². The van der Waals surface area contributed by atoms with Crippen molar-refractivity contribution in [1.29, 1.82) is 0 Å². The van der Waals surface area contributed by atoms with E-state index in [0.717, 1.165) is 25.2 Å². The van der Waals surface area contributed by atoms with Crippen molar-refractivity contribution in [1.82, 2.24) is 15.3 Å². The minimum atomic E-state index is -0.347. The fourth-order valence-electron chi connectivity index (χ4n) is 1.67. The van der Waals surface area contributed by atoms with Crippen molar-refractivity contribution in [3.63, 3.8) is 0 Å². The number of hydrogen-bond donors (Lipinski definition) is 2. The molecule has 0 radical (unpaired) electrons. The third-order valence-corrected chi connectivity index (χ3v) is 2.87. The number of nitrogens with zero attached hydrogens (tertiary/aromatic N) is 1. The van der Waals surface area contributed by atoms with Gasteiger partial charge in [0.2, 0.25) is 0 Å². The normalized spacial score (nSPS) is 10.8. The van der Waals surface area contributed by atoms with Crippen LogP contribution in [0.5, 0.6) is 0 Å². The lowest BCUT2D eigenvalue weighted by Gasteiger charge is -2.01. The summed E-state index contributed by atoms with van der Waals surface area (Å²) in [6, 6.07) is 4.28. The van der Waals surface area contributed by atoms with Crippen LogP contribution in [0, 0.1) is 5.82 Å². The van der Waals surface area contributed by atoms with Gasteiger partial charge in [-0.1, -0.05) is 18.5 Å². The van der Waals surface area contributed by atoms with Crippen molar-refractivity contribution in [2.45, 2.75) is 19.9 Å². The largest absolute Gasteiger partial charge is 0.341 e. The zero-order valence-corrected chi connectivity index (χ0v) is 10.9. The van der Waals surface area contributed by atoms with Gasteiger partial charge in [-0.2, -0.15) is 0 Å². The molecule has 1 aromatic carbocycles. The highest BCUT2D eigenvalue weighted by molar-refractivity contribution is 6.33. The molecule has 2 rings (SSSR count). The quantitative estimate of drug-likeness (QED) is 0.816. The van der Waals surface area contributed by atoms with E-state index in [9.17, 15) is 4.39 Å². The van der Waals surface area contributed by atoms with Crippen molar-refractivity contribution in [2.24, 2.45) is 0 Å². The number of rotatable bonds is 5. The van der Waals surface area contributed by atoms with Crippen molar-refractivity contribution in [3.05, 3.63) is 40.9 Å². The van der Waals surface area contributed by atoms with Gasteiger partial charge in [0.25, 0.3) is 0 Å². The highest BCUT2D eigenvalue weighted by Gasteiger charge is 2.08. The Morgan fingerprint density at radius 1 is 1.44 bits per heavy atom. The van der Waals surface area contributed by atoms with E-state index in [2.05, 4.69) is 22.2 Å². The molecule has 0 aliphatic rings. The van der Waals surface area contributed by atoms with Gasteiger partial charge < -0.3 is 10.3 Å². The van der Waals surface area contributed by atoms with E-state index >= 15 is 0 Å². The van der Waals surface area contributed by atoms with Crippen LogP contribution in [-0.2, 0) is 6.54 Å². The Bertz CT molecular complexity index is 525. The smallest absolute Gasteiger partial charge is 0.139 e. The first kappa shape index (κ1) is 13.1. The van der Waals surface area contributed by atoms with Gasteiger partial charge in [-0.3, -0.25) is 0 Å². The van der Waals surface area contributed by atoms with E-state index < -0.39 is 0 Å². The number of nitrogens with one attached hydrogen (secondary N) is 2. The number of imidazole rings is 1. The maximum absolute atomic E-state index is 12.9. The van der Waals surface area contributed by atoms with Gasteiger partial charge >= 0.3 is 0 Å². The number of benzene rings is 1. The molecule has 3 nitrogen and oxygen atoms in total. The van der Waals surface area contributed by atoms with Crippen LogP contribution in [0.3, 0.4) is 0 Å². The molecule has 1 aromatic heterocycles. The Kier molecular flexibility index (Phi) is 4.33. The van der Waals surface area contributed by atoms with Crippen molar-refractivity contribution < 1.29 is 4.39 Å². The second-order valence-corrected chi connectivity index (χ2v) is 4.47. The lowest BCUT2D eigenvalue weighted by molar-refractivity contribution is 0.628. The lowest BCUT2D eigenvalue weighted by atomic mass is 10.2. The lowest BCUT2D eigenvalue weighted by Crippen LogP contribution is -2.13. The summed E-state index contributed by atoms with van der Waals surface area (Å²) >= 11 is 5.98. The molecule has 2 N–H and O–H groups in total. The summed E-state index contributed by atoms with van der Waals surface area (Å²) in [6.45, 7) is 3.81. The van der Waals surface area contributed by atoms with Gasteiger partial charge in [0, 0.05) is 24.0 Å². The fraction of sp³-hybridized carbons (Fsp3) is 0.308. The van der Waals surface area contributed by atoms with E-state index in [0.29, 0.717) is 16.4 Å². The molecular weight excluding hydrogens is 253 g/mol. The third kappa shape index (κ3) is 3.09. The first-order valence-corrected chi connectivity index (χ1v) is 6.28. The summed E-state index contributed by atoms with van der Waals surface area (Å²) < 4.78 is 12.9. The fourth-order valence-corrected chi connectivity index (χ4v) is 1.92. The van der Waals surface area contributed by atoms with Crippen LogP contribution in [0.4, 0.5) is 4.39 Å². The Balaban J connectivity index is 2.13. The average Bonchev–Trinajstić information content (AvgIpc) is 2.78. The van der Waals surface area contributed by atoms with Crippen molar-refractivity contribution >= 4 is 11.6 Å². The number of halogens is 2. The highest BCUT2D eigenvalue weighted by atomic mass is 35.5. The number of hydrogen-bond acceptors (Lipinski definition) is 2. The van der Waals surface area contributed by atoms with Gasteiger partial charge in [-0.05, 0) is 31.2 Å². The third-order valence-electron chi connectivity index (χ3n) is 2.56. The van der Waals surface area contributed by atoms with Gasteiger partial charge in [0.1, 0.15) is 11.6 Å². The maximum Gasteiger partial charge on any atom is 0.139 e. The van der Waals surface area contributed by atoms with Gasteiger partial charge in [0.05, 0.1) is 5.02 Å². The second-order valence-electron chi connectivity index (χ2n) is 4.06. The van der Waals surface area contributed by atoms with Crippen molar-refractivity contribution in [2.75, 3.05) is 6.54 Å². The van der Waals surface area contributed by atoms with Crippen LogP contribution in [0.2, 0.25) is 5.02 Å². The van der Waals surface area contributed by atoms with Crippen LogP contribution in [0.25, 0.3) is 11.4 Å². The number of aromatic amines is 1. The molecular formula is C13H15ClFN3. The van der Waals surface area contributed by atoms with E-state index in [1.165, 1.54) is 12.1 Å². The molecule has 5 heteroatoms. The zero-order chi connectivity index (χ0) is 13.0. The summed E-state index contributed by atoms with van der Waals surface area (Å²) in [7, 11) is 0. The van der Waals surface area contributed by atoms with Gasteiger partial charge in [0.15, 0.2) is 0 Å². The summed E-state index contributed by atoms with van der Waals surface area (Å²) in [5, 5.41) is 3.63. The van der Waals surface area contributed by atoms with Crippen LogP contribution < -0.4 is 5.32 Å². The Morgan fingerprint density at radius 2 is 2.28 bits per heavy atom. The molecule has 18 heavy (non-hydrogen) atoms. The van der Waals surface area contributed by atoms with Crippen LogP contribution >= 0.6 is 11.6 Å². The topological polar surface area (TPSA) is 40.7 Å². The van der Waals surface area contributed by atoms with Crippen LogP contribution in [-0.4, -0.2) is 16.5 Å². The highest BCUT2D eigenvalue weighted by Crippen LogP contribution is 2.26. The van der Waals surface area contributed by atoms with E-state index in [1.807, 2.05) is 0 Å². The van der Waals surface area contributed by atoms with E-state index in [-0.39, 0.29) is 5.82 Å². The monoisotopic (exact) mass is 267 g/mol. The molecule has 1 heterocycles. The molecule has 96 valence electrons. The predicted molar refractivity (Wildman–Crippen MR) is 71.0 cm³/mol. The molecule has 0 bridgehead atoms. The molecule has 0 saturated carbocycles. The molecule has 0 atom stereocenters. The first-order chi connectivity index (χ1) is 8.70. The summed E-state index contributed by atoms with van der Waals surface area (Å²) in [5.41, 5.74) is 1.69. The Labute approximate surface area is 110 Å². The molecule has 0 aliphatic carbocycles. The molecule has 0 amide bonds. The van der Waals surface area contributed by atoms with Gasteiger partial charge in [-0.15, -0.1) is 0 Å². The number of aromatic nitrogens is 2. The predicted octanol–water partition coefficient (Wildman–Crippen LogP) is 3.37. The minimum Gasteiger partial charge on any atom is -0.341 e. The zero-order valence-electron chi connectivity index (χ0n) is 10.1. The van der Waals surface area contributed by atoms with Crippen molar-refractivity contribution in [3.8, 4) is 11.4 Å². The number of H-pyrrole nitrogens is 1. The van der Waals surface area contributed by atoms with Gasteiger partial charge in [-0.25, -0.2) is 9.37 Å². The standard InChI is InChI=1S/C13H15ClFN3/c1-2-5-16-7-10-8-17-13(18-10)11-4-3-9(15)6-12(11)14/h3-4,6,8,16H,2,5,7H2,1H3,(H,17,18). The molecule has 0 spiro atoms. The molecule has 2 aromatic rings. The Hall–Kier alpha value is -1.39. The molecule has 0 aliphatic heterocycles. The average molecular weight is 268 g/mol. The SMILES string of the molecule is CCCNCc1cnc(-c2ccc(F)cc2Cl)[nH]1. The first-order valence-electron chi connectivity index (χ1n) is 5.90. The molecule has 0 fully saturated rings. The summed E-state index contributed by atoms with van der Waals surface area (Å²) in [4.78, 5) is 7.42. The van der Waals surface area contributed by atoms with E-state index in [1.54, 1.807) is 12.3 Å². The molecule has 0 unspecified atom stereocenters. The maximum atomic E-state index is 12.9. The van der Waals surface area contributed by atoms with Crippen LogP contribution in [0.1, 0.15) is 19.0 Å². The minimum absolute atomic E-state index is 0.347. The second kappa shape index (κ2) is 5.98. The Morgan fingerprint density at radius 3 is 3.00 bits per heavy atom.